The first-order valence-electron chi connectivity index (χ1n) is 6.51. The van der Waals surface area contributed by atoms with Gasteiger partial charge in [0, 0.05) is 18.7 Å². The highest BCUT2D eigenvalue weighted by molar-refractivity contribution is 5.95. The monoisotopic (exact) mass is 263 g/mol. The van der Waals surface area contributed by atoms with Gasteiger partial charge in [0.2, 0.25) is 0 Å². The van der Waals surface area contributed by atoms with Crippen LogP contribution in [0.3, 0.4) is 0 Å². The SMILES string of the molecule is CCCN(CCC(=O)OC)C(=O)c1ccccc1C. The molecule has 0 aromatic heterocycles. The normalized spacial score (nSPS) is 10.1. The Hall–Kier alpha value is -1.84. The smallest absolute Gasteiger partial charge is 0.307 e. The molecule has 1 aromatic carbocycles. The number of ether oxygens (including phenoxy) is 1. The molecule has 19 heavy (non-hydrogen) atoms. The van der Waals surface area contributed by atoms with Gasteiger partial charge in [0.1, 0.15) is 0 Å². The molecule has 1 amide bonds. The Morgan fingerprint density at radius 3 is 2.47 bits per heavy atom. The number of amides is 1. The molecule has 0 saturated heterocycles. The molecule has 0 fully saturated rings. The summed E-state index contributed by atoms with van der Waals surface area (Å²) in [6.07, 6.45) is 1.09. The predicted octanol–water partition coefficient (Wildman–Crippen LogP) is 2.41. The number of carbonyl (C=O) groups is 2. The molecule has 1 aromatic rings. The Morgan fingerprint density at radius 2 is 1.89 bits per heavy atom. The highest BCUT2D eigenvalue weighted by Crippen LogP contribution is 2.11. The van der Waals surface area contributed by atoms with Crippen LogP contribution in [-0.2, 0) is 9.53 Å². The maximum atomic E-state index is 12.4. The fraction of sp³-hybridized carbons (Fsp3) is 0.467. The van der Waals surface area contributed by atoms with Gasteiger partial charge in [-0.3, -0.25) is 9.59 Å². The van der Waals surface area contributed by atoms with Crippen LogP contribution in [0.2, 0.25) is 0 Å². The van der Waals surface area contributed by atoms with Crippen molar-refractivity contribution in [3.63, 3.8) is 0 Å². The molecule has 0 aliphatic rings. The average Bonchev–Trinajstić information content (AvgIpc) is 2.42. The predicted molar refractivity (Wildman–Crippen MR) is 74.0 cm³/mol. The standard InChI is InChI=1S/C15H21NO3/c1-4-10-16(11-9-14(17)19-3)15(18)13-8-6-5-7-12(13)2/h5-8H,4,9-11H2,1-3H3. The Labute approximate surface area is 114 Å². The summed E-state index contributed by atoms with van der Waals surface area (Å²) in [5.41, 5.74) is 1.65. The number of hydrogen-bond donors (Lipinski definition) is 0. The van der Waals surface area contributed by atoms with Gasteiger partial charge in [-0.1, -0.05) is 25.1 Å². The van der Waals surface area contributed by atoms with E-state index in [1.54, 1.807) is 4.90 Å². The summed E-state index contributed by atoms with van der Waals surface area (Å²) in [5.74, 6) is -0.317. The molecule has 4 nitrogen and oxygen atoms in total. The highest BCUT2D eigenvalue weighted by atomic mass is 16.5. The van der Waals surface area contributed by atoms with Crippen molar-refractivity contribution in [2.45, 2.75) is 26.7 Å². The van der Waals surface area contributed by atoms with E-state index in [1.165, 1.54) is 7.11 Å². The lowest BCUT2D eigenvalue weighted by atomic mass is 10.1. The Morgan fingerprint density at radius 1 is 1.21 bits per heavy atom. The summed E-state index contributed by atoms with van der Waals surface area (Å²) in [7, 11) is 1.36. The van der Waals surface area contributed by atoms with E-state index in [0.717, 1.165) is 12.0 Å². The second-order valence-corrected chi connectivity index (χ2v) is 4.43. The van der Waals surface area contributed by atoms with E-state index in [1.807, 2.05) is 38.1 Å². The molecular formula is C15H21NO3. The first-order chi connectivity index (χ1) is 9.10. The lowest BCUT2D eigenvalue weighted by molar-refractivity contribution is -0.140. The summed E-state index contributed by atoms with van der Waals surface area (Å²) < 4.78 is 4.61. The number of rotatable bonds is 6. The lowest BCUT2D eigenvalue weighted by Crippen LogP contribution is -2.34. The fourth-order valence-corrected chi connectivity index (χ4v) is 1.90. The van der Waals surface area contributed by atoms with Crippen LogP contribution in [0.4, 0.5) is 0 Å². The van der Waals surface area contributed by atoms with Crippen LogP contribution in [0.5, 0.6) is 0 Å². The van der Waals surface area contributed by atoms with Gasteiger partial charge in [-0.15, -0.1) is 0 Å². The van der Waals surface area contributed by atoms with Gasteiger partial charge in [0.05, 0.1) is 13.5 Å². The molecule has 1 rings (SSSR count). The minimum atomic E-state index is -0.293. The van der Waals surface area contributed by atoms with Crippen molar-refractivity contribution in [1.29, 1.82) is 0 Å². The van der Waals surface area contributed by atoms with Gasteiger partial charge >= 0.3 is 5.97 Å². The maximum absolute atomic E-state index is 12.4. The van der Waals surface area contributed by atoms with Crippen molar-refractivity contribution in [3.8, 4) is 0 Å². The average molecular weight is 263 g/mol. The van der Waals surface area contributed by atoms with Crippen LogP contribution < -0.4 is 0 Å². The first kappa shape index (κ1) is 15.2. The molecule has 0 N–H and O–H groups in total. The van der Waals surface area contributed by atoms with Gasteiger partial charge in [0.25, 0.3) is 5.91 Å². The van der Waals surface area contributed by atoms with E-state index in [-0.39, 0.29) is 18.3 Å². The minimum Gasteiger partial charge on any atom is -0.469 e. The number of carbonyl (C=O) groups excluding carboxylic acids is 2. The molecule has 0 heterocycles. The summed E-state index contributed by atoms with van der Waals surface area (Å²) in [6, 6.07) is 7.49. The fourth-order valence-electron chi connectivity index (χ4n) is 1.90. The van der Waals surface area contributed by atoms with Crippen LogP contribution in [0.25, 0.3) is 0 Å². The number of benzene rings is 1. The summed E-state index contributed by atoms with van der Waals surface area (Å²) in [6.45, 7) is 4.96. The van der Waals surface area contributed by atoms with Crippen molar-refractivity contribution in [2.24, 2.45) is 0 Å². The number of methoxy groups -OCH3 is 1. The zero-order valence-electron chi connectivity index (χ0n) is 11.8. The second-order valence-electron chi connectivity index (χ2n) is 4.43. The third-order valence-electron chi connectivity index (χ3n) is 2.97. The molecular weight excluding hydrogens is 242 g/mol. The maximum Gasteiger partial charge on any atom is 0.307 e. The van der Waals surface area contributed by atoms with Crippen molar-refractivity contribution in [1.82, 2.24) is 4.90 Å². The molecule has 0 aliphatic heterocycles. The number of hydrogen-bond acceptors (Lipinski definition) is 3. The lowest BCUT2D eigenvalue weighted by Gasteiger charge is -2.22. The minimum absolute atomic E-state index is 0.0242. The highest BCUT2D eigenvalue weighted by Gasteiger charge is 2.17. The van der Waals surface area contributed by atoms with Gasteiger partial charge in [-0.25, -0.2) is 0 Å². The van der Waals surface area contributed by atoms with Gasteiger partial charge in [-0.05, 0) is 25.0 Å². The van der Waals surface area contributed by atoms with E-state index in [9.17, 15) is 9.59 Å². The summed E-state index contributed by atoms with van der Waals surface area (Å²) >= 11 is 0. The third kappa shape index (κ3) is 4.39. The molecule has 0 unspecified atom stereocenters. The zero-order chi connectivity index (χ0) is 14.3. The molecule has 0 bridgehead atoms. The van der Waals surface area contributed by atoms with E-state index in [2.05, 4.69) is 4.74 Å². The summed E-state index contributed by atoms with van der Waals surface area (Å²) in [5, 5.41) is 0. The van der Waals surface area contributed by atoms with Crippen LogP contribution in [0.1, 0.15) is 35.7 Å². The second kappa shape index (κ2) is 7.56. The van der Waals surface area contributed by atoms with E-state index < -0.39 is 0 Å². The molecule has 0 aliphatic carbocycles. The zero-order valence-corrected chi connectivity index (χ0v) is 11.8. The van der Waals surface area contributed by atoms with E-state index >= 15 is 0 Å². The topological polar surface area (TPSA) is 46.6 Å². The van der Waals surface area contributed by atoms with E-state index in [4.69, 9.17) is 0 Å². The Balaban J connectivity index is 2.78. The number of aryl methyl sites for hydroxylation is 1. The molecule has 0 atom stereocenters. The van der Waals surface area contributed by atoms with Crippen LogP contribution in [0, 0.1) is 6.92 Å². The van der Waals surface area contributed by atoms with Crippen LogP contribution >= 0.6 is 0 Å². The molecule has 0 radical (unpaired) electrons. The van der Waals surface area contributed by atoms with Crippen molar-refractivity contribution in [2.75, 3.05) is 20.2 Å². The van der Waals surface area contributed by atoms with Gasteiger partial charge in [0.15, 0.2) is 0 Å². The first-order valence-corrected chi connectivity index (χ1v) is 6.51. The Kier molecular flexibility index (Phi) is 6.06. The number of nitrogens with zero attached hydrogens (tertiary/aromatic N) is 1. The van der Waals surface area contributed by atoms with Crippen molar-refractivity contribution in [3.05, 3.63) is 35.4 Å². The van der Waals surface area contributed by atoms with Gasteiger partial charge < -0.3 is 9.64 Å². The van der Waals surface area contributed by atoms with Crippen LogP contribution in [0.15, 0.2) is 24.3 Å². The summed E-state index contributed by atoms with van der Waals surface area (Å²) in [4.78, 5) is 25.3. The molecule has 0 saturated carbocycles. The third-order valence-corrected chi connectivity index (χ3v) is 2.97. The Bertz CT molecular complexity index is 443. The van der Waals surface area contributed by atoms with Crippen LogP contribution in [-0.4, -0.2) is 37.0 Å². The van der Waals surface area contributed by atoms with E-state index in [0.29, 0.717) is 18.7 Å². The molecule has 4 heteroatoms. The largest absolute Gasteiger partial charge is 0.469 e. The number of esters is 1. The molecule has 0 spiro atoms. The molecule has 104 valence electrons. The van der Waals surface area contributed by atoms with Crippen molar-refractivity contribution >= 4 is 11.9 Å². The quantitative estimate of drug-likeness (QED) is 0.740. The van der Waals surface area contributed by atoms with Crippen molar-refractivity contribution < 1.29 is 14.3 Å². The van der Waals surface area contributed by atoms with Gasteiger partial charge in [-0.2, -0.15) is 0 Å².